The topological polar surface area (TPSA) is 29.4 Å². The first kappa shape index (κ1) is 18.5. The van der Waals surface area contributed by atoms with Crippen LogP contribution in [0, 0.1) is 0 Å². The van der Waals surface area contributed by atoms with Gasteiger partial charge in [0.05, 0.1) is 0 Å². The van der Waals surface area contributed by atoms with E-state index in [9.17, 15) is 4.57 Å². The first-order valence-electron chi connectivity index (χ1n) is 9.92. The van der Waals surface area contributed by atoms with Gasteiger partial charge in [0.15, 0.2) is 0 Å². The second kappa shape index (κ2) is 7.74. The largest absolute Gasteiger partial charge is 0.288 e. The Bertz CT molecular complexity index is 1340. The highest BCUT2D eigenvalue weighted by atomic mass is 31.2. The molecule has 0 unspecified atom stereocenters. The minimum atomic E-state index is -3.23. The number of benzene rings is 5. The van der Waals surface area contributed by atoms with Crippen LogP contribution in [-0.4, -0.2) is 6.21 Å². The second-order valence-corrected chi connectivity index (χ2v) is 9.71. The average molecular weight is 405 g/mol. The molecule has 0 aliphatic heterocycles. The van der Waals surface area contributed by atoms with Crippen LogP contribution < -0.4 is 10.6 Å². The molecule has 3 heteroatoms. The van der Waals surface area contributed by atoms with Gasteiger partial charge in [-0.15, -0.1) is 0 Å². The van der Waals surface area contributed by atoms with E-state index in [0.717, 1.165) is 37.7 Å². The Kier molecular flexibility index (Phi) is 4.78. The molecule has 0 bridgehead atoms. The highest BCUT2D eigenvalue weighted by Gasteiger charge is 2.26. The number of fused-ring (bicyclic) bond motifs is 2. The van der Waals surface area contributed by atoms with Crippen molar-refractivity contribution in [2.75, 3.05) is 0 Å². The summed E-state index contributed by atoms with van der Waals surface area (Å²) in [7, 11) is -3.23. The molecule has 0 N–H and O–H groups in total. The Labute approximate surface area is 176 Å². The van der Waals surface area contributed by atoms with Crippen molar-refractivity contribution in [2.24, 2.45) is 4.76 Å². The summed E-state index contributed by atoms with van der Waals surface area (Å²) in [5, 5.41) is 5.85. The van der Waals surface area contributed by atoms with E-state index in [2.05, 4.69) is 12.1 Å². The molecule has 5 aromatic carbocycles. The normalized spacial score (nSPS) is 12.0. The molecule has 0 aliphatic rings. The van der Waals surface area contributed by atoms with Crippen LogP contribution >= 0.6 is 7.29 Å². The molecule has 0 aliphatic carbocycles. The minimum absolute atomic E-state index is 0.740. The summed E-state index contributed by atoms with van der Waals surface area (Å²) >= 11 is 0. The number of hydrogen-bond acceptors (Lipinski definition) is 1. The van der Waals surface area contributed by atoms with Crippen LogP contribution in [-0.2, 0) is 4.57 Å². The van der Waals surface area contributed by atoms with Crippen LogP contribution in [0.3, 0.4) is 0 Å². The quantitative estimate of drug-likeness (QED) is 0.253. The van der Waals surface area contributed by atoms with Crippen molar-refractivity contribution in [3.63, 3.8) is 0 Å². The lowest BCUT2D eigenvalue weighted by molar-refractivity contribution is 0.588. The van der Waals surface area contributed by atoms with Gasteiger partial charge in [-0.3, -0.25) is 4.57 Å². The van der Waals surface area contributed by atoms with Gasteiger partial charge >= 0.3 is 0 Å². The molecule has 2 nitrogen and oxygen atoms in total. The third-order valence-electron chi connectivity index (χ3n) is 5.34. The van der Waals surface area contributed by atoms with Crippen LogP contribution in [0.15, 0.2) is 120 Å². The van der Waals surface area contributed by atoms with Crippen molar-refractivity contribution < 1.29 is 4.57 Å². The molecule has 0 radical (unpaired) electrons. The second-order valence-electron chi connectivity index (χ2n) is 7.29. The molecular formula is C27H20NOP. The lowest BCUT2D eigenvalue weighted by Crippen LogP contribution is -2.15. The van der Waals surface area contributed by atoms with Gasteiger partial charge in [0.25, 0.3) is 0 Å². The van der Waals surface area contributed by atoms with E-state index in [1.165, 1.54) is 0 Å². The standard InChI is InChI=1S/C27H20NOP/c29-30(28-20-21-8-2-1-3-9-21,26-16-14-22-10-4-6-12-24(22)18-26)27-17-15-23-11-5-7-13-25(23)19-27/h1-20H/b28-20+. The Morgan fingerprint density at radius 1 is 0.533 bits per heavy atom. The van der Waals surface area contributed by atoms with Crippen molar-refractivity contribution in [1.29, 1.82) is 0 Å². The monoisotopic (exact) mass is 405 g/mol. The van der Waals surface area contributed by atoms with E-state index in [1.807, 2.05) is 103 Å². The van der Waals surface area contributed by atoms with Gasteiger partial charge in [0.2, 0.25) is 7.29 Å². The van der Waals surface area contributed by atoms with Crippen LogP contribution in [0.2, 0.25) is 0 Å². The molecule has 144 valence electrons. The predicted octanol–water partition coefficient (Wildman–Crippen LogP) is 6.34. The summed E-state index contributed by atoms with van der Waals surface area (Å²) in [5.41, 5.74) is 0.930. The maximum Gasteiger partial charge on any atom is 0.247 e. The van der Waals surface area contributed by atoms with E-state index < -0.39 is 7.29 Å². The van der Waals surface area contributed by atoms with E-state index in [0.29, 0.717) is 0 Å². The summed E-state index contributed by atoms with van der Waals surface area (Å²) in [6, 6.07) is 38.0. The Morgan fingerprint density at radius 2 is 1.00 bits per heavy atom. The van der Waals surface area contributed by atoms with E-state index in [1.54, 1.807) is 6.21 Å². The molecule has 0 fully saturated rings. The Hall–Kier alpha value is -3.48. The fourth-order valence-corrected chi connectivity index (χ4v) is 5.74. The fraction of sp³-hybridized carbons (Fsp3) is 0. The maximum atomic E-state index is 14.5. The highest BCUT2D eigenvalue weighted by Crippen LogP contribution is 2.46. The van der Waals surface area contributed by atoms with Gasteiger partial charge in [0.1, 0.15) is 0 Å². The van der Waals surface area contributed by atoms with Gasteiger partial charge < -0.3 is 0 Å². The molecule has 0 heterocycles. The van der Waals surface area contributed by atoms with E-state index >= 15 is 0 Å². The number of rotatable bonds is 4. The Balaban J connectivity index is 1.71. The zero-order chi connectivity index (χ0) is 20.4. The molecule has 0 amide bonds. The third kappa shape index (κ3) is 3.47. The molecule has 0 saturated carbocycles. The molecule has 0 spiro atoms. The smallest absolute Gasteiger partial charge is 0.247 e. The third-order valence-corrected chi connectivity index (χ3v) is 7.73. The first-order valence-corrected chi connectivity index (χ1v) is 11.6. The molecular weight excluding hydrogens is 385 g/mol. The molecule has 0 atom stereocenters. The minimum Gasteiger partial charge on any atom is -0.288 e. The number of nitrogens with zero attached hydrogens (tertiary/aromatic N) is 1. The zero-order valence-corrected chi connectivity index (χ0v) is 17.2. The summed E-state index contributed by atoms with van der Waals surface area (Å²) in [6.07, 6.45) is 1.73. The zero-order valence-electron chi connectivity index (χ0n) is 16.3. The molecule has 5 rings (SSSR count). The van der Waals surface area contributed by atoms with Crippen molar-refractivity contribution in [1.82, 2.24) is 0 Å². The van der Waals surface area contributed by atoms with Gasteiger partial charge in [-0.25, -0.2) is 4.76 Å². The van der Waals surface area contributed by atoms with Crippen molar-refractivity contribution in [2.45, 2.75) is 0 Å². The van der Waals surface area contributed by atoms with E-state index in [4.69, 9.17) is 4.76 Å². The fourth-order valence-electron chi connectivity index (χ4n) is 3.70. The molecule has 30 heavy (non-hydrogen) atoms. The Morgan fingerprint density at radius 3 is 1.53 bits per heavy atom. The molecule has 0 saturated heterocycles. The van der Waals surface area contributed by atoms with Crippen LogP contribution in [0.5, 0.6) is 0 Å². The lowest BCUT2D eigenvalue weighted by Gasteiger charge is -2.16. The predicted molar refractivity (Wildman–Crippen MR) is 129 cm³/mol. The van der Waals surface area contributed by atoms with Crippen LogP contribution in [0.4, 0.5) is 0 Å². The van der Waals surface area contributed by atoms with Crippen molar-refractivity contribution >= 4 is 45.7 Å². The summed E-state index contributed by atoms with van der Waals surface area (Å²) in [6.45, 7) is 0. The lowest BCUT2D eigenvalue weighted by atomic mass is 10.1. The van der Waals surface area contributed by atoms with Gasteiger partial charge in [-0.2, -0.15) is 0 Å². The average Bonchev–Trinajstić information content (AvgIpc) is 2.82. The van der Waals surface area contributed by atoms with Gasteiger partial charge in [-0.05, 0) is 51.4 Å². The summed E-state index contributed by atoms with van der Waals surface area (Å²) < 4.78 is 19.2. The van der Waals surface area contributed by atoms with Crippen LogP contribution in [0.25, 0.3) is 21.5 Å². The van der Waals surface area contributed by atoms with Gasteiger partial charge in [-0.1, -0.05) is 91.0 Å². The summed E-state index contributed by atoms with van der Waals surface area (Å²) in [5.74, 6) is 0. The molecule has 5 aromatic rings. The van der Waals surface area contributed by atoms with Crippen LogP contribution in [0.1, 0.15) is 5.56 Å². The molecule has 0 aromatic heterocycles. The maximum absolute atomic E-state index is 14.5. The summed E-state index contributed by atoms with van der Waals surface area (Å²) in [4.78, 5) is 0. The SMILES string of the molecule is O=P(/N=C/c1ccccc1)(c1ccc2ccccc2c1)c1ccc2ccccc2c1. The van der Waals surface area contributed by atoms with Crippen molar-refractivity contribution in [3.05, 3.63) is 121 Å². The van der Waals surface area contributed by atoms with Gasteiger partial charge in [0, 0.05) is 16.8 Å². The highest BCUT2D eigenvalue weighted by molar-refractivity contribution is 7.77. The van der Waals surface area contributed by atoms with E-state index in [-0.39, 0.29) is 0 Å². The van der Waals surface area contributed by atoms with Crippen molar-refractivity contribution in [3.8, 4) is 0 Å². The number of hydrogen-bond donors (Lipinski definition) is 0. The first-order chi connectivity index (χ1) is 14.7.